The number of carbonyl (C=O) groups excluding carboxylic acids is 1. The van der Waals surface area contributed by atoms with Crippen molar-refractivity contribution >= 4 is 38.6 Å². The van der Waals surface area contributed by atoms with Gasteiger partial charge in [0.1, 0.15) is 5.75 Å². The summed E-state index contributed by atoms with van der Waals surface area (Å²) in [5.74, 6) is -0.125. The van der Waals surface area contributed by atoms with Gasteiger partial charge in [0, 0.05) is 10.8 Å². The Bertz CT molecular complexity index is 1000. The molecule has 3 aromatic carbocycles. The first-order valence-corrected chi connectivity index (χ1v) is 8.54. The molecule has 3 aromatic rings. The number of sulfonamides is 1. The van der Waals surface area contributed by atoms with Crippen molar-refractivity contribution in [3.05, 3.63) is 60.7 Å². The molecule has 24 heavy (non-hydrogen) atoms. The van der Waals surface area contributed by atoms with E-state index in [0.29, 0.717) is 17.2 Å². The Labute approximate surface area is 138 Å². The molecule has 122 valence electrons. The molecule has 0 spiro atoms. The van der Waals surface area contributed by atoms with Crippen LogP contribution in [0, 0.1) is 0 Å². The zero-order valence-corrected chi connectivity index (χ0v) is 13.2. The number of amides is 1. The van der Waals surface area contributed by atoms with Crippen LogP contribution in [0.1, 0.15) is 0 Å². The number of phenolic OH excluding ortho intramolecular Hbond substituents is 1. The summed E-state index contributed by atoms with van der Waals surface area (Å²) in [5.41, 5.74) is 0.381. The van der Waals surface area contributed by atoms with Gasteiger partial charge in [0.25, 0.3) is 10.0 Å². The van der Waals surface area contributed by atoms with Gasteiger partial charge in [-0.15, -0.1) is 0 Å². The lowest BCUT2D eigenvalue weighted by molar-refractivity contribution is -0.105. The average Bonchev–Trinajstić information content (AvgIpc) is 2.60. The lowest BCUT2D eigenvalue weighted by Crippen LogP contribution is -2.13. The summed E-state index contributed by atoms with van der Waals surface area (Å²) in [5, 5.41) is 13.5. The van der Waals surface area contributed by atoms with Gasteiger partial charge < -0.3 is 10.4 Å². The van der Waals surface area contributed by atoms with Crippen LogP contribution >= 0.6 is 0 Å². The van der Waals surface area contributed by atoms with Crippen LogP contribution in [0.25, 0.3) is 10.8 Å². The van der Waals surface area contributed by atoms with Gasteiger partial charge >= 0.3 is 0 Å². The number of carbonyl (C=O) groups is 1. The molecule has 0 aromatic heterocycles. The second-order valence-corrected chi connectivity index (χ2v) is 6.73. The minimum Gasteiger partial charge on any atom is -0.505 e. The minimum absolute atomic E-state index is 0.118. The third-order valence-corrected chi connectivity index (χ3v) is 4.91. The zero-order chi connectivity index (χ0) is 17.2. The van der Waals surface area contributed by atoms with E-state index in [9.17, 15) is 18.3 Å². The fourth-order valence-corrected chi connectivity index (χ4v) is 3.51. The number of nitrogens with one attached hydrogen (secondary N) is 2. The molecule has 0 aliphatic rings. The van der Waals surface area contributed by atoms with Crippen LogP contribution in [0.3, 0.4) is 0 Å². The molecule has 0 saturated carbocycles. The maximum Gasteiger partial charge on any atom is 0.261 e. The number of aromatic hydroxyl groups is 1. The summed E-state index contributed by atoms with van der Waals surface area (Å²) in [6.45, 7) is 0. The zero-order valence-electron chi connectivity index (χ0n) is 12.4. The number of phenols is 1. The molecule has 0 atom stereocenters. The fraction of sp³-hybridized carbons (Fsp3) is 0. The summed E-state index contributed by atoms with van der Waals surface area (Å²) in [7, 11) is -3.80. The Morgan fingerprint density at radius 2 is 1.50 bits per heavy atom. The number of hydrogen-bond acceptors (Lipinski definition) is 4. The van der Waals surface area contributed by atoms with Gasteiger partial charge in [0.2, 0.25) is 6.41 Å². The Morgan fingerprint density at radius 1 is 0.875 bits per heavy atom. The van der Waals surface area contributed by atoms with Gasteiger partial charge in [-0.05, 0) is 18.2 Å². The highest BCUT2D eigenvalue weighted by molar-refractivity contribution is 7.92. The number of benzene rings is 3. The molecule has 0 unspecified atom stereocenters. The number of hydrogen-bond donors (Lipinski definition) is 3. The van der Waals surface area contributed by atoms with Gasteiger partial charge in [0.15, 0.2) is 0 Å². The molecule has 3 rings (SSSR count). The molecule has 0 heterocycles. The van der Waals surface area contributed by atoms with Crippen molar-refractivity contribution in [3.63, 3.8) is 0 Å². The molecule has 7 heteroatoms. The molecule has 0 bridgehead atoms. The van der Waals surface area contributed by atoms with Crippen molar-refractivity contribution in [1.29, 1.82) is 0 Å². The van der Waals surface area contributed by atoms with Crippen LogP contribution in [0.15, 0.2) is 65.6 Å². The number of fused-ring (bicyclic) bond motifs is 1. The summed E-state index contributed by atoms with van der Waals surface area (Å²) < 4.78 is 27.6. The van der Waals surface area contributed by atoms with Crippen LogP contribution in [-0.4, -0.2) is 19.9 Å². The second kappa shape index (κ2) is 6.21. The van der Waals surface area contributed by atoms with Crippen molar-refractivity contribution in [2.75, 3.05) is 10.0 Å². The highest BCUT2D eigenvalue weighted by Gasteiger charge is 2.17. The number of anilines is 2. The molecule has 0 aliphatic heterocycles. The quantitative estimate of drug-likeness (QED) is 0.377. The predicted molar refractivity (Wildman–Crippen MR) is 92.6 cm³/mol. The fourth-order valence-electron chi connectivity index (χ4n) is 2.42. The highest BCUT2D eigenvalue weighted by atomic mass is 32.2. The largest absolute Gasteiger partial charge is 0.505 e. The summed E-state index contributed by atoms with van der Waals surface area (Å²) in [4.78, 5) is 10.8. The third-order valence-electron chi connectivity index (χ3n) is 3.53. The molecule has 0 saturated heterocycles. The molecular weight excluding hydrogens is 328 g/mol. The van der Waals surface area contributed by atoms with Crippen molar-refractivity contribution in [1.82, 2.24) is 0 Å². The third kappa shape index (κ3) is 2.89. The Kier molecular flexibility index (Phi) is 4.09. The molecular formula is C17H14N2O4S. The smallest absolute Gasteiger partial charge is 0.261 e. The van der Waals surface area contributed by atoms with E-state index in [1.165, 1.54) is 18.2 Å². The van der Waals surface area contributed by atoms with Crippen molar-refractivity contribution < 1.29 is 18.3 Å². The molecule has 1 amide bonds. The van der Waals surface area contributed by atoms with E-state index in [-0.39, 0.29) is 22.0 Å². The first-order valence-electron chi connectivity index (χ1n) is 7.05. The standard InChI is InChI=1S/C17H14N2O4S/c20-11-18-16-10-15(13-8-4-5-9-14(13)17(16)21)19-24(22,23)12-6-2-1-3-7-12/h1-11,19,21H,(H,18,20). The van der Waals surface area contributed by atoms with Gasteiger partial charge in [-0.25, -0.2) is 8.42 Å². The SMILES string of the molecule is O=CNc1cc(NS(=O)(=O)c2ccccc2)c2ccccc2c1O. The van der Waals surface area contributed by atoms with E-state index in [4.69, 9.17) is 0 Å². The van der Waals surface area contributed by atoms with E-state index >= 15 is 0 Å². The lowest BCUT2D eigenvalue weighted by atomic mass is 10.1. The Balaban J connectivity index is 2.16. The van der Waals surface area contributed by atoms with Gasteiger partial charge in [-0.2, -0.15) is 0 Å². The number of rotatable bonds is 5. The normalized spacial score (nSPS) is 11.2. The monoisotopic (exact) mass is 342 g/mol. The molecule has 0 radical (unpaired) electrons. The van der Waals surface area contributed by atoms with Crippen molar-refractivity contribution in [2.45, 2.75) is 4.90 Å². The van der Waals surface area contributed by atoms with Crippen LogP contribution in [-0.2, 0) is 14.8 Å². The van der Waals surface area contributed by atoms with Crippen LogP contribution in [0.4, 0.5) is 11.4 Å². The molecule has 3 N–H and O–H groups in total. The van der Waals surface area contributed by atoms with E-state index in [0.717, 1.165) is 0 Å². The van der Waals surface area contributed by atoms with Gasteiger partial charge in [-0.1, -0.05) is 42.5 Å². The predicted octanol–water partition coefficient (Wildman–Crippen LogP) is 2.91. The first-order chi connectivity index (χ1) is 11.5. The maximum atomic E-state index is 12.5. The van der Waals surface area contributed by atoms with Crippen molar-refractivity contribution in [3.8, 4) is 5.75 Å². The van der Waals surface area contributed by atoms with Crippen LogP contribution in [0.2, 0.25) is 0 Å². The summed E-state index contributed by atoms with van der Waals surface area (Å²) in [6, 6.07) is 16.1. The van der Waals surface area contributed by atoms with Crippen LogP contribution < -0.4 is 10.0 Å². The topological polar surface area (TPSA) is 95.5 Å². The van der Waals surface area contributed by atoms with Gasteiger partial charge in [-0.3, -0.25) is 9.52 Å². The molecule has 6 nitrogen and oxygen atoms in total. The van der Waals surface area contributed by atoms with Crippen molar-refractivity contribution in [2.24, 2.45) is 0 Å². The lowest BCUT2D eigenvalue weighted by Gasteiger charge is -2.14. The minimum atomic E-state index is -3.80. The van der Waals surface area contributed by atoms with Gasteiger partial charge in [0.05, 0.1) is 16.3 Å². The second-order valence-electron chi connectivity index (χ2n) is 5.05. The average molecular weight is 342 g/mol. The summed E-state index contributed by atoms with van der Waals surface area (Å²) in [6.07, 6.45) is 0.416. The summed E-state index contributed by atoms with van der Waals surface area (Å²) >= 11 is 0. The van der Waals surface area contributed by atoms with Crippen LogP contribution in [0.5, 0.6) is 5.75 Å². The van der Waals surface area contributed by atoms with E-state index in [1.807, 2.05) is 0 Å². The molecule has 0 fully saturated rings. The molecule has 0 aliphatic carbocycles. The Morgan fingerprint density at radius 3 is 2.17 bits per heavy atom. The Hall–Kier alpha value is -3.06. The highest BCUT2D eigenvalue weighted by Crippen LogP contribution is 2.38. The first kappa shape index (κ1) is 15.8. The van der Waals surface area contributed by atoms with E-state index in [1.54, 1.807) is 42.5 Å². The maximum absolute atomic E-state index is 12.5. The van der Waals surface area contributed by atoms with E-state index < -0.39 is 10.0 Å². The van der Waals surface area contributed by atoms with E-state index in [2.05, 4.69) is 10.0 Å².